The van der Waals surface area contributed by atoms with Crippen LogP contribution in [0.15, 0.2) is 6.07 Å². The molecule has 0 bridgehead atoms. The van der Waals surface area contributed by atoms with Crippen LogP contribution in [0.25, 0.3) is 0 Å². The molecule has 1 aromatic rings. The lowest BCUT2D eigenvalue weighted by molar-refractivity contribution is 0.592. The number of nitrogens with one attached hydrogen (secondary N) is 2. The average Bonchev–Trinajstić information content (AvgIpc) is 2.34. The normalized spacial score (nSPS) is 12.0. The van der Waals surface area contributed by atoms with E-state index in [1.165, 1.54) is 0 Å². The Hall–Kier alpha value is -1.04. The van der Waals surface area contributed by atoms with Gasteiger partial charge in [0, 0.05) is 11.8 Å². The molecule has 2 N–H and O–H groups in total. The van der Waals surface area contributed by atoms with E-state index < -0.39 is 15.3 Å². The lowest BCUT2D eigenvalue weighted by atomic mass is 10.5. The molecule has 0 aliphatic carbocycles. The zero-order valence-electron chi connectivity index (χ0n) is 7.83. The summed E-state index contributed by atoms with van der Waals surface area (Å²) in [7, 11) is -3.27. The smallest absolute Gasteiger partial charge is 0.236 e. The standard InChI is InChI=1S/C7H13N3O2S/c1-5(2)13(11,12)10-7-4-6(3)8-9-7/h4-5H,1-3H3,(H2,8,9,10). The van der Waals surface area contributed by atoms with Crippen molar-refractivity contribution in [1.82, 2.24) is 10.2 Å². The van der Waals surface area contributed by atoms with Crippen molar-refractivity contribution in [2.24, 2.45) is 0 Å². The van der Waals surface area contributed by atoms with Gasteiger partial charge in [-0.2, -0.15) is 5.10 Å². The first-order chi connectivity index (χ1) is 5.92. The Morgan fingerprint density at radius 3 is 2.54 bits per heavy atom. The topological polar surface area (TPSA) is 74.8 Å². The van der Waals surface area contributed by atoms with Crippen molar-refractivity contribution in [2.45, 2.75) is 26.0 Å². The van der Waals surface area contributed by atoms with E-state index in [1.807, 2.05) is 0 Å². The van der Waals surface area contributed by atoms with Gasteiger partial charge in [0.15, 0.2) is 5.82 Å². The van der Waals surface area contributed by atoms with Gasteiger partial charge in [0.2, 0.25) is 10.0 Å². The van der Waals surface area contributed by atoms with Gasteiger partial charge in [0.05, 0.1) is 5.25 Å². The van der Waals surface area contributed by atoms with Gasteiger partial charge in [-0.1, -0.05) is 0 Å². The fourth-order valence-corrected chi connectivity index (χ4v) is 1.37. The Morgan fingerprint density at radius 2 is 2.15 bits per heavy atom. The molecule has 0 saturated heterocycles. The summed E-state index contributed by atoms with van der Waals surface area (Å²) in [6, 6.07) is 1.64. The summed E-state index contributed by atoms with van der Waals surface area (Å²) in [6.45, 7) is 5.03. The maximum Gasteiger partial charge on any atom is 0.236 e. The Labute approximate surface area is 77.6 Å². The second-order valence-corrected chi connectivity index (χ2v) is 5.37. The van der Waals surface area contributed by atoms with E-state index in [-0.39, 0.29) is 0 Å². The van der Waals surface area contributed by atoms with Crippen LogP contribution in [0, 0.1) is 6.92 Å². The highest BCUT2D eigenvalue weighted by Crippen LogP contribution is 2.09. The maximum absolute atomic E-state index is 11.3. The van der Waals surface area contributed by atoms with Crippen molar-refractivity contribution < 1.29 is 8.42 Å². The first kappa shape index (κ1) is 10.0. The molecule has 0 atom stereocenters. The molecule has 13 heavy (non-hydrogen) atoms. The summed E-state index contributed by atoms with van der Waals surface area (Å²) in [4.78, 5) is 0. The SMILES string of the molecule is Cc1cc(NS(=O)(=O)C(C)C)n[nH]1. The van der Waals surface area contributed by atoms with Crippen LogP contribution in [0.2, 0.25) is 0 Å². The van der Waals surface area contributed by atoms with E-state index in [2.05, 4.69) is 14.9 Å². The molecule has 1 rings (SSSR count). The number of hydrogen-bond acceptors (Lipinski definition) is 3. The zero-order chi connectivity index (χ0) is 10.1. The Balaban J connectivity index is 2.81. The molecule has 1 aromatic heterocycles. The van der Waals surface area contributed by atoms with Crippen LogP contribution in [0.1, 0.15) is 19.5 Å². The molecule has 0 unspecified atom stereocenters. The van der Waals surface area contributed by atoms with Crippen molar-refractivity contribution in [1.29, 1.82) is 0 Å². The number of anilines is 1. The van der Waals surface area contributed by atoms with Crippen LogP contribution in [0.3, 0.4) is 0 Å². The Bertz CT molecular complexity index is 380. The van der Waals surface area contributed by atoms with E-state index in [9.17, 15) is 8.42 Å². The molecular formula is C7H13N3O2S. The third-order valence-electron chi connectivity index (χ3n) is 1.57. The van der Waals surface area contributed by atoms with Crippen molar-refractivity contribution in [3.05, 3.63) is 11.8 Å². The summed E-state index contributed by atoms with van der Waals surface area (Å²) >= 11 is 0. The number of hydrogen-bond donors (Lipinski definition) is 2. The third kappa shape index (κ3) is 2.45. The van der Waals surface area contributed by atoms with E-state index >= 15 is 0 Å². The summed E-state index contributed by atoms with van der Waals surface area (Å²) in [6.07, 6.45) is 0. The molecule has 0 radical (unpaired) electrons. The first-order valence-electron chi connectivity index (χ1n) is 3.95. The molecule has 0 aromatic carbocycles. The van der Waals surface area contributed by atoms with Gasteiger partial charge in [-0.05, 0) is 20.8 Å². The minimum atomic E-state index is -3.27. The second-order valence-electron chi connectivity index (χ2n) is 3.13. The summed E-state index contributed by atoms with van der Waals surface area (Å²) in [5, 5.41) is 5.97. The minimum absolute atomic E-state index is 0.339. The molecule has 0 aliphatic heterocycles. The van der Waals surface area contributed by atoms with Crippen molar-refractivity contribution in [2.75, 3.05) is 4.72 Å². The van der Waals surface area contributed by atoms with Gasteiger partial charge in [0.1, 0.15) is 0 Å². The average molecular weight is 203 g/mol. The number of rotatable bonds is 3. The van der Waals surface area contributed by atoms with Crippen LogP contribution >= 0.6 is 0 Å². The molecule has 0 amide bonds. The predicted molar refractivity (Wildman–Crippen MR) is 51.0 cm³/mol. The maximum atomic E-state index is 11.3. The Kier molecular flexibility index (Phi) is 2.60. The van der Waals surface area contributed by atoms with Crippen LogP contribution in [-0.4, -0.2) is 23.9 Å². The van der Waals surface area contributed by atoms with E-state index in [0.717, 1.165) is 5.69 Å². The van der Waals surface area contributed by atoms with Gasteiger partial charge in [-0.25, -0.2) is 8.42 Å². The summed E-state index contributed by atoms with van der Waals surface area (Å²) in [5.41, 5.74) is 0.821. The van der Waals surface area contributed by atoms with Crippen molar-refractivity contribution >= 4 is 15.8 Å². The van der Waals surface area contributed by atoms with E-state index in [0.29, 0.717) is 5.82 Å². The lowest BCUT2D eigenvalue weighted by Crippen LogP contribution is -2.22. The van der Waals surface area contributed by atoms with Crippen LogP contribution in [-0.2, 0) is 10.0 Å². The zero-order valence-corrected chi connectivity index (χ0v) is 8.64. The predicted octanol–water partition coefficient (Wildman–Crippen LogP) is 0.868. The van der Waals surface area contributed by atoms with Crippen molar-refractivity contribution in [3.8, 4) is 0 Å². The fraction of sp³-hybridized carbons (Fsp3) is 0.571. The van der Waals surface area contributed by atoms with Gasteiger partial charge < -0.3 is 0 Å². The highest BCUT2D eigenvalue weighted by atomic mass is 32.2. The van der Waals surface area contributed by atoms with Crippen molar-refractivity contribution in [3.63, 3.8) is 0 Å². The van der Waals surface area contributed by atoms with Gasteiger partial charge >= 0.3 is 0 Å². The first-order valence-corrected chi connectivity index (χ1v) is 5.50. The lowest BCUT2D eigenvalue weighted by Gasteiger charge is -2.07. The molecule has 74 valence electrons. The van der Waals surface area contributed by atoms with Crippen LogP contribution < -0.4 is 4.72 Å². The fourth-order valence-electron chi connectivity index (χ4n) is 0.734. The van der Waals surface area contributed by atoms with Gasteiger partial charge in [0.25, 0.3) is 0 Å². The molecule has 0 aliphatic rings. The van der Waals surface area contributed by atoms with Crippen LogP contribution in [0.4, 0.5) is 5.82 Å². The number of nitrogens with zero attached hydrogens (tertiary/aromatic N) is 1. The Morgan fingerprint density at radius 1 is 1.54 bits per heavy atom. The van der Waals surface area contributed by atoms with Gasteiger partial charge in [-0.3, -0.25) is 9.82 Å². The molecule has 0 fully saturated rings. The molecule has 6 heteroatoms. The number of H-pyrrole nitrogens is 1. The third-order valence-corrected chi connectivity index (χ3v) is 3.31. The monoisotopic (exact) mass is 203 g/mol. The molecule has 0 saturated carbocycles. The molecular weight excluding hydrogens is 190 g/mol. The minimum Gasteiger partial charge on any atom is -0.281 e. The largest absolute Gasteiger partial charge is 0.281 e. The summed E-state index contributed by atoms with van der Waals surface area (Å²) in [5.74, 6) is 0.339. The number of aromatic nitrogens is 2. The highest BCUT2D eigenvalue weighted by molar-refractivity contribution is 7.93. The number of aryl methyl sites for hydroxylation is 1. The van der Waals surface area contributed by atoms with E-state index in [1.54, 1.807) is 26.8 Å². The molecule has 0 spiro atoms. The van der Waals surface area contributed by atoms with Gasteiger partial charge in [-0.15, -0.1) is 0 Å². The number of aromatic amines is 1. The highest BCUT2D eigenvalue weighted by Gasteiger charge is 2.16. The van der Waals surface area contributed by atoms with E-state index in [4.69, 9.17) is 0 Å². The molecule has 5 nitrogen and oxygen atoms in total. The second kappa shape index (κ2) is 3.37. The quantitative estimate of drug-likeness (QED) is 0.765. The van der Waals surface area contributed by atoms with Crippen LogP contribution in [0.5, 0.6) is 0 Å². The summed E-state index contributed by atoms with van der Waals surface area (Å²) < 4.78 is 25.1. The molecule has 1 heterocycles. The number of sulfonamides is 1.